The summed E-state index contributed by atoms with van der Waals surface area (Å²) in [5, 5.41) is 15.8. The van der Waals surface area contributed by atoms with E-state index in [9.17, 15) is 9.50 Å². The number of hydrogen-bond acceptors (Lipinski definition) is 2. The van der Waals surface area contributed by atoms with Gasteiger partial charge in [0, 0.05) is 0 Å². The zero-order chi connectivity index (χ0) is 23.0. The average molecular weight is 439 g/mol. The number of halogens is 1. The second kappa shape index (κ2) is 8.45. The first kappa shape index (κ1) is 21.4. The van der Waals surface area contributed by atoms with Crippen molar-refractivity contribution in [3.63, 3.8) is 0 Å². The van der Waals surface area contributed by atoms with E-state index >= 15 is 0 Å². The van der Waals surface area contributed by atoms with Crippen molar-refractivity contribution < 1.29 is 9.50 Å². The summed E-state index contributed by atoms with van der Waals surface area (Å²) in [4.78, 5) is 0. The van der Waals surface area contributed by atoms with Crippen LogP contribution < -0.4 is 0 Å². The highest BCUT2D eigenvalue weighted by atomic mass is 19.1. The molecule has 0 fully saturated rings. The van der Waals surface area contributed by atoms with Crippen LogP contribution in [0.15, 0.2) is 90.6 Å². The first-order chi connectivity index (χ1) is 15.9. The lowest BCUT2D eigenvalue weighted by molar-refractivity contribution is 0.121. The maximum atomic E-state index is 13.3. The van der Waals surface area contributed by atoms with Gasteiger partial charge in [-0.25, -0.2) is 9.07 Å². The van der Waals surface area contributed by atoms with Gasteiger partial charge in [0.05, 0.1) is 23.7 Å². The Hall–Kier alpha value is -3.50. The second-order valence-electron chi connectivity index (χ2n) is 9.22. The molecule has 1 N–H and O–H groups in total. The molecule has 0 saturated heterocycles. The van der Waals surface area contributed by atoms with Gasteiger partial charge < -0.3 is 5.11 Å². The minimum absolute atomic E-state index is 0.189. The maximum Gasteiger partial charge on any atom is 0.123 e. The first-order valence-electron chi connectivity index (χ1n) is 11.3. The van der Waals surface area contributed by atoms with Gasteiger partial charge in [-0.2, -0.15) is 5.10 Å². The molecule has 4 aromatic rings. The third-order valence-electron chi connectivity index (χ3n) is 6.87. The molecule has 1 unspecified atom stereocenters. The van der Waals surface area contributed by atoms with Gasteiger partial charge in [-0.05, 0) is 83.8 Å². The summed E-state index contributed by atoms with van der Waals surface area (Å²) in [5.74, 6) is -0.260. The van der Waals surface area contributed by atoms with Crippen LogP contribution in [0.3, 0.4) is 0 Å². The summed E-state index contributed by atoms with van der Waals surface area (Å²) < 4.78 is 15.2. The van der Waals surface area contributed by atoms with Crippen LogP contribution in [0.5, 0.6) is 0 Å². The standard InChI is InChI=1S/C29H27FN2O/c1-20-15-27-24(19-31-32(27)26-13-11-25(30)12-14-26)17-29(20,2)18-28(33)23-10-6-9-22(16-23)21-7-4-3-5-8-21/h3-16,19,28,33H,17-18H2,1-2H3/t28?,29-/m0/s1. The number of aliphatic hydroxyl groups is 1. The van der Waals surface area contributed by atoms with Crippen molar-refractivity contribution in [3.05, 3.63) is 113 Å². The van der Waals surface area contributed by atoms with E-state index in [2.05, 4.69) is 49.3 Å². The van der Waals surface area contributed by atoms with Crippen LogP contribution >= 0.6 is 0 Å². The summed E-state index contributed by atoms with van der Waals surface area (Å²) in [6.07, 6.45) is 4.89. The van der Waals surface area contributed by atoms with Crippen LogP contribution in [-0.4, -0.2) is 14.9 Å². The molecule has 0 radical (unpaired) electrons. The zero-order valence-corrected chi connectivity index (χ0v) is 18.9. The van der Waals surface area contributed by atoms with E-state index in [1.165, 1.54) is 17.7 Å². The average Bonchev–Trinajstić information content (AvgIpc) is 3.22. The first-order valence-corrected chi connectivity index (χ1v) is 11.3. The summed E-state index contributed by atoms with van der Waals surface area (Å²) in [7, 11) is 0. The van der Waals surface area contributed by atoms with Gasteiger partial charge in [-0.15, -0.1) is 0 Å². The number of benzene rings is 3. The molecule has 2 atom stereocenters. The van der Waals surface area contributed by atoms with Crippen LogP contribution in [0.4, 0.5) is 4.39 Å². The minimum Gasteiger partial charge on any atom is -0.388 e. The molecule has 3 nitrogen and oxygen atoms in total. The molecular formula is C29H27FN2O. The highest BCUT2D eigenvalue weighted by Gasteiger charge is 2.35. The lowest BCUT2D eigenvalue weighted by Crippen LogP contribution is -2.27. The summed E-state index contributed by atoms with van der Waals surface area (Å²) in [6, 6.07) is 24.8. The molecule has 3 aromatic carbocycles. The predicted molar refractivity (Wildman–Crippen MR) is 130 cm³/mol. The molecule has 0 bridgehead atoms. The van der Waals surface area contributed by atoms with E-state index in [-0.39, 0.29) is 11.2 Å². The molecule has 1 heterocycles. The van der Waals surface area contributed by atoms with Crippen molar-refractivity contribution in [2.45, 2.75) is 32.8 Å². The normalized spacial score (nSPS) is 18.5. The van der Waals surface area contributed by atoms with Crippen molar-refractivity contribution in [3.8, 4) is 16.8 Å². The number of aromatic nitrogens is 2. The molecule has 0 aliphatic heterocycles. The molecule has 33 heavy (non-hydrogen) atoms. The Morgan fingerprint density at radius 3 is 2.48 bits per heavy atom. The van der Waals surface area contributed by atoms with Crippen molar-refractivity contribution >= 4 is 6.08 Å². The van der Waals surface area contributed by atoms with Crippen molar-refractivity contribution in [1.82, 2.24) is 9.78 Å². The Kier molecular flexibility index (Phi) is 5.47. The summed E-state index contributed by atoms with van der Waals surface area (Å²) in [6.45, 7) is 4.33. The van der Waals surface area contributed by atoms with E-state index < -0.39 is 6.10 Å². The molecule has 166 valence electrons. The third-order valence-corrected chi connectivity index (χ3v) is 6.87. The number of fused-ring (bicyclic) bond motifs is 1. The van der Waals surface area contributed by atoms with Crippen LogP contribution in [0.25, 0.3) is 22.9 Å². The zero-order valence-electron chi connectivity index (χ0n) is 18.9. The molecule has 0 spiro atoms. The van der Waals surface area contributed by atoms with Gasteiger partial charge in [0.2, 0.25) is 0 Å². The van der Waals surface area contributed by atoms with Crippen LogP contribution in [0, 0.1) is 11.2 Å². The summed E-state index contributed by atoms with van der Waals surface area (Å²) in [5.41, 5.74) is 7.19. The molecule has 5 rings (SSSR count). The van der Waals surface area contributed by atoms with Gasteiger partial charge in [-0.3, -0.25) is 0 Å². The van der Waals surface area contributed by atoms with Gasteiger partial charge in [0.1, 0.15) is 5.82 Å². The van der Waals surface area contributed by atoms with E-state index in [1.54, 1.807) is 12.1 Å². The lowest BCUT2D eigenvalue weighted by atomic mass is 9.70. The number of nitrogens with zero attached hydrogens (tertiary/aromatic N) is 2. The van der Waals surface area contributed by atoms with Gasteiger partial charge >= 0.3 is 0 Å². The number of allylic oxidation sites excluding steroid dienone is 1. The molecule has 1 aromatic heterocycles. The molecule has 1 aliphatic rings. The number of rotatable bonds is 5. The quantitative estimate of drug-likeness (QED) is 0.373. The molecule has 0 amide bonds. The Bertz CT molecular complexity index is 1310. The molecule has 1 aliphatic carbocycles. The monoisotopic (exact) mass is 438 g/mol. The fourth-order valence-corrected chi connectivity index (χ4v) is 4.74. The highest BCUT2D eigenvalue weighted by molar-refractivity contribution is 5.64. The Labute approximate surface area is 193 Å². The number of hydrogen-bond donors (Lipinski definition) is 1. The SMILES string of the molecule is CC1=Cc2c(cnn2-c2ccc(F)cc2)C[C@@]1(C)CC(O)c1cccc(-c2ccccc2)c1. The fourth-order valence-electron chi connectivity index (χ4n) is 4.74. The van der Waals surface area contributed by atoms with Crippen LogP contribution in [0.2, 0.25) is 0 Å². The molecular weight excluding hydrogens is 411 g/mol. The number of aliphatic hydroxyl groups excluding tert-OH is 1. The Morgan fingerprint density at radius 2 is 1.73 bits per heavy atom. The predicted octanol–water partition coefficient (Wildman–Crippen LogP) is 6.77. The topological polar surface area (TPSA) is 38.0 Å². The van der Waals surface area contributed by atoms with Crippen molar-refractivity contribution in [2.24, 2.45) is 5.41 Å². The van der Waals surface area contributed by atoms with E-state index in [4.69, 9.17) is 0 Å². The molecule has 0 saturated carbocycles. The van der Waals surface area contributed by atoms with Gasteiger partial charge in [0.15, 0.2) is 0 Å². The van der Waals surface area contributed by atoms with E-state index in [0.29, 0.717) is 6.42 Å². The molecule has 4 heteroatoms. The minimum atomic E-state index is -0.573. The highest BCUT2D eigenvalue weighted by Crippen LogP contribution is 2.44. The van der Waals surface area contributed by atoms with Crippen molar-refractivity contribution in [1.29, 1.82) is 0 Å². The van der Waals surface area contributed by atoms with Gasteiger partial charge in [-0.1, -0.05) is 61.0 Å². The van der Waals surface area contributed by atoms with E-state index in [1.807, 2.05) is 41.2 Å². The fraction of sp³-hybridized carbons (Fsp3) is 0.207. The second-order valence-corrected chi connectivity index (χ2v) is 9.22. The lowest BCUT2D eigenvalue weighted by Gasteiger charge is -2.36. The Balaban J connectivity index is 1.40. The Morgan fingerprint density at radius 1 is 1.00 bits per heavy atom. The third kappa shape index (κ3) is 4.14. The van der Waals surface area contributed by atoms with Crippen molar-refractivity contribution in [2.75, 3.05) is 0 Å². The van der Waals surface area contributed by atoms with Crippen LogP contribution in [-0.2, 0) is 6.42 Å². The van der Waals surface area contributed by atoms with Crippen LogP contribution in [0.1, 0.15) is 43.2 Å². The largest absolute Gasteiger partial charge is 0.388 e. The smallest absolute Gasteiger partial charge is 0.123 e. The maximum absolute atomic E-state index is 13.3. The van der Waals surface area contributed by atoms with Gasteiger partial charge in [0.25, 0.3) is 0 Å². The summed E-state index contributed by atoms with van der Waals surface area (Å²) >= 11 is 0. The van der Waals surface area contributed by atoms with E-state index in [0.717, 1.165) is 40.1 Å².